The summed E-state index contributed by atoms with van der Waals surface area (Å²) in [5.74, 6) is 0.111. The normalized spacial score (nSPS) is 25.2. The van der Waals surface area contributed by atoms with E-state index in [9.17, 15) is 4.79 Å². The highest BCUT2D eigenvalue weighted by Gasteiger charge is 2.22. The summed E-state index contributed by atoms with van der Waals surface area (Å²) in [7, 11) is 0. The molecule has 1 aliphatic rings. The van der Waals surface area contributed by atoms with Crippen molar-refractivity contribution in [2.45, 2.75) is 25.8 Å². The van der Waals surface area contributed by atoms with Crippen LogP contribution in [0, 0.1) is 5.92 Å². The summed E-state index contributed by atoms with van der Waals surface area (Å²) in [5, 5.41) is 2.86. The fourth-order valence-corrected chi connectivity index (χ4v) is 1.37. The summed E-state index contributed by atoms with van der Waals surface area (Å²) in [5.41, 5.74) is 5.40. The van der Waals surface area contributed by atoms with E-state index in [0.29, 0.717) is 13.2 Å². The maximum atomic E-state index is 11.5. The molecule has 76 valence electrons. The van der Waals surface area contributed by atoms with Gasteiger partial charge < -0.3 is 15.8 Å². The molecule has 1 amide bonds. The van der Waals surface area contributed by atoms with Gasteiger partial charge in [0.05, 0.1) is 12.5 Å². The molecule has 13 heavy (non-hydrogen) atoms. The standard InChI is InChI=1S/C9H18N2O2/c1-7(5-10)11-9(12)8-3-2-4-13-6-8/h7-8H,2-6,10H2,1H3,(H,11,12). The summed E-state index contributed by atoms with van der Waals surface area (Å²) in [6, 6.07) is 0.0643. The van der Waals surface area contributed by atoms with Gasteiger partial charge in [-0.2, -0.15) is 0 Å². The molecule has 1 rings (SSSR count). The van der Waals surface area contributed by atoms with Crippen LogP contribution >= 0.6 is 0 Å². The molecule has 1 fully saturated rings. The lowest BCUT2D eigenvalue weighted by Gasteiger charge is -2.22. The molecule has 0 aromatic heterocycles. The molecule has 0 aliphatic carbocycles. The fraction of sp³-hybridized carbons (Fsp3) is 0.889. The Kier molecular flexibility index (Phi) is 4.18. The van der Waals surface area contributed by atoms with E-state index in [1.54, 1.807) is 0 Å². The van der Waals surface area contributed by atoms with Crippen LogP contribution in [0.1, 0.15) is 19.8 Å². The van der Waals surface area contributed by atoms with Gasteiger partial charge >= 0.3 is 0 Å². The Balaban J connectivity index is 2.29. The Bertz CT molecular complexity index is 167. The Morgan fingerprint density at radius 2 is 2.54 bits per heavy atom. The predicted octanol–water partition coefficient (Wildman–Crippen LogP) is -0.124. The highest BCUT2D eigenvalue weighted by molar-refractivity contribution is 5.79. The topological polar surface area (TPSA) is 64.3 Å². The number of carbonyl (C=O) groups excluding carboxylic acids is 1. The molecule has 0 aromatic rings. The van der Waals surface area contributed by atoms with Gasteiger partial charge in [-0.1, -0.05) is 0 Å². The van der Waals surface area contributed by atoms with Gasteiger partial charge in [0.25, 0.3) is 0 Å². The molecule has 1 heterocycles. The highest BCUT2D eigenvalue weighted by Crippen LogP contribution is 2.13. The molecule has 1 saturated heterocycles. The summed E-state index contributed by atoms with van der Waals surface area (Å²) in [4.78, 5) is 11.5. The van der Waals surface area contributed by atoms with Crippen LogP contribution in [-0.2, 0) is 9.53 Å². The van der Waals surface area contributed by atoms with E-state index < -0.39 is 0 Å². The number of rotatable bonds is 3. The monoisotopic (exact) mass is 186 g/mol. The SMILES string of the molecule is CC(CN)NC(=O)C1CCCOC1. The van der Waals surface area contributed by atoms with Crippen LogP contribution in [0.2, 0.25) is 0 Å². The Morgan fingerprint density at radius 1 is 1.77 bits per heavy atom. The van der Waals surface area contributed by atoms with Crippen molar-refractivity contribution in [3.63, 3.8) is 0 Å². The minimum absolute atomic E-state index is 0.0303. The summed E-state index contributed by atoms with van der Waals surface area (Å²) < 4.78 is 5.23. The molecule has 1 aliphatic heterocycles. The maximum absolute atomic E-state index is 11.5. The molecule has 4 nitrogen and oxygen atoms in total. The number of carbonyl (C=O) groups is 1. The minimum atomic E-state index is 0.0303. The van der Waals surface area contributed by atoms with Crippen LogP contribution in [0.15, 0.2) is 0 Å². The van der Waals surface area contributed by atoms with Crippen LogP contribution in [0.25, 0.3) is 0 Å². The third kappa shape index (κ3) is 3.32. The van der Waals surface area contributed by atoms with Gasteiger partial charge in [-0.15, -0.1) is 0 Å². The van der Waals surface area contributed by atoms with Crippen LogP contribution in [-0.4, -0.2) is 31.7 Å². The van der Waals surface area contributed by atoms with E-state index >= 15 is 0 Å². The number of nitrogens with two attached hydrogens (primary N) is 1. The second-order valence-electron chi connectivity index (χ2n) is 3.56. The highest BCUT2D eigenvalue weighted by atomic mass is 16.5. The van der Waals surface area contributed by atoms with E-state index in [0.717, 1.165) is 19.4 Å². The average molecular weight is 186 g/mol. The molecular formula is C9H18N2O2. The van der Waals surface area contributed by atoms with E-state index in [1.165, 1.54) is 0 Å². The Labute approximate surface area is 78.8 Å². The number of ether oxygens (including phenoxy) is 1. The lowest BCUT2D eigenvalue weighted by molar-refractivity contribution is -0.129. The zero-order valence-corrected chi connectivity index (χ0v) is 8.08. The van der Waals surface area contributed by atoms with Crippen LogP contribution in [0.4, 0.5) is 0 Å². The molecule has 0 spiro atoms. The van der Waals surface area contributed by atoms with Crippen molar-refractivity contribution < 1.29 is 9.53 Å². The molecule has 0 bridgehead atoms. The number of hydrogen-bond acceptors (Lipinski definition) is 3. The Morgan fingerprint density at radius 3 is 3.08 bits per heavy atom. The molecule has 2 unspecified atom stereocenters. The first-order valence-corrected chi connectivity index (χ1v) is 4.82. The predicted molar refractivity (Wildman–Crippen MR) is 50.2 cm³/mol. The van der Waals surface area contributed by atoms with E-state index in [1.807, 2.05) is 6.92 Å². The van der Waals surface area contributed by atoms with Gasteiger partial charge in [0.2, 0.25) is 5.91 Å². The van der Waals surface area contributed by atoms with Crippen LogP contribution < -0.4 is 11.1 Å². The van der Waals surface area contributed by atoms with Crippen LogP contribution in [0.5, 0.6) is 0 Å². The van der Waals surface area contributed by atoms with E-state index in [-0.39, 0.29) is 17.9 Å². The van der Waals surface area contributed by atoms with E-state index in [2.05, 4.69) is 5.32 Å². The lowest BCUT2D eigenvalue weighted by Crippen LogP contribution is -2.43. The lowest BCUT2D eigenvalue weighted by atomic mass is 10.0. The molecular weight excluding hydrogens is 168 g/mol. The van der Waals surface area contributed by atoms with Crippen molar-refractivity contribution in [1.82, 2.24) is 5.32 Å². The zero-order valence-electron chi connectivity index (χ0n) is 8.08. The first kappa shape index (κ1) is 10.5. The molecule has 0 saturated carbocycles. The largest absolute Gasteiger partial charge is 0.381 e. The van der Waals surface area contributed by atoms with Crippen molar-refractivity contribution in [2.24, 2.45) is 11.7 Å². The number of amides is 1. The Hall–Kier alpha value is -0.610. The fourth-order valence-electron chi connectivity index (χ4n) is 1.37. The van der Waals surface area contributed by atoms with Crippen LogP contribution in [0.3, 0.4) is 0 Å². The molecule has 4 heteroatoms. The zero-order chi connectivity index (χ0) is 9.68. The smallest absolute Gasteiger partial charge is 0.225 e. The van der Waals surface area contributed by atoms with Gasteiger partial charge in [0.1, 0.15) is 0 Å². The second kappa shape index (κ2) is 5.19. The number of nitrogens with one attached hydrogen (secondary N) is 1. The minimum Gasteiger partial charge on any atom is -0.381 e. The third-order valence-corrected chi connectivity index (χ3v) is 2.27. The van der Waals surface area contributed by atoms with Gasteiger partial charge in [0.15, 0.2) is 0 Å². The van der Waals surface area contributed by atoms with Crippen molar-refractivity contribution >= 4 is 5.91 Å². The summed E-state index contributed by atoms with van der Waals surface area (Å²) in [6.07, 6.45) is 1.91. The molecule has 0 radical (unpaired) electrons. The first-order chi connectivity index (χ1) is 6.24. The van der Waals surface area contributed by atoms with Gasteiger partial charge in [-0.25, -0.2) is 0 Å². The maximum Gasteiger partial charge on any atom is 0.225 e. The van der Waals surface area contributed by atoms with Crippen molar-refractivity contribution in [3.05, 3.63) is 0 Å². The van der Waals surface area contributed by atoms with E-state index in [4.69, 9.17) is 10.5 Å². The van der Waals surface area contributed by atoms with Crippen molar-refractivity contribution in [1.29, 1.82) is 0 Å². The van der Waals surface area contributed by atoms with Crippen molar-refractivity contribution in [2.75, 3.05) is 19.8 Å². The second-order valence-corrected chi connectivity index (χ2v) is 3.56. The average Bonchev–Trinajstić information content (AvgIpc) is 2.19. The molecule has 3 N–H and O–H groups in total. The summed E-state index contributed by atoms with van der Waals surface area (Å²) in [6.45, 7) is 3.74. The van der Waals surface area contributed by atoms with Gasteiger partial charge in [-0.05, 0) is 19.8 Å². The third-order valence-electron chi connectivity index (χ3n) is 2.27. The number of hydrogen-bond donors (Lipinski definition) is 2. The molecule has 2 atom stereocenters. The first-order valence-electron chi connectivity index (χ1n) is 4.82. The quantitative estimate of drug-likeness (QED) is 0.645. The molecule has 0 aromatic carbocycles. The van der Waals surface area contributed by atoms with Gasteiger partial charge in [0, 0.05) is 19.2 Å². The van der Waals surface area contributed by atoms with Crippen molar-refractivity contribution in [3.8, 4) is 0 Å². The van der Waals surface area contributed by atoms with Gasteiger partial charge in [-0.3, -0.25) is 4.79 Å². The summed E-state index contributed by atoms with van der Waals surface area (Å²) >= 11 is 0.